The Bertz CT molecular complexity index is 540. The molecule has 1 fully saturated rings. The Labute approximate surface area is 116 Å². The minimum absolute atomic E-state index is 0.0125. The summed E-state index contributed by atoms with van der Waals surface area (Å²) in [6, 6.07) is -0.213. The van der Waals surface area contributed by atoms with E-state index in [1.165, 1.54) is 4.68 Å². The highest BCUT2D eigenvalue weighted by Gasteiger charge is 2.34. The molecule has 1 saturated heterocycles. The summed E-state index contributed by atoms with van der Waals surface area (Å²) in [4.78, 5) is 23.6. The molecule has 1 aliphatic rings. The molecule has 110 valence electrons. The van der Waals surface area contributed by atoms with E-state index in [1.807, 2.05) is 4.90 Å². The number of aliphatic carboxylic acids is 1. The fraction of sp³-hybridized carbons (Fsp3) is 0.667. The molecule has 1 atom stereocenters. The Morgan fingerprint density at radius 2 is 2.25 bits per heavy atom. The summed E-state index contributed by atoms with van der Waals surface area (Å²) in [7, 11) is 1.65. The quantitative estimate of drug-likeness (QED) is 0.662. The van der Waals surface area contributed by atoms with Gasteiger partial charge in [0.05, 0.1) is 11.3 Å². The van der Waals surface area contributed by atoms with Crippen molar-refractivity contribution in [3.63, 3.8) is 0 Å². The second-order valence-electron chi connectivity index (χ2n) is 5.08. The third kappa shape index (κ3) is 2.59. The van der Waals surface area contributed by atoms with Gasteiger partial charge in [0.2, 0.25) is 5.82 Å². The van der Waals surface area contributed by atoms with Gasteiger partial charge in [0.25, 0.3) is 0 Å². The summed E-state index contributed by atoms with van der Waals surface area (Å²) in [5.41, 5.74) is 0.330. The molecule has 8 heteroatoms. The number of hydrogen-bond acceptors (Lipinski definition) is 5. The van der Waals surface area contributed by atoms with Gasteiger partial charge in [-0.05, 0) is 26.2 Å². The Balaban J connectivity index is 2.42. The zero-order chi connectivity index (χ0) is 14.9. The van der Waals surface area contributed by atoms with Crippen LogP contribution in [0.3, 0.4) is 0 Å². The van der Waals surface area contributed by atoms with Gasteiger partial charge in [0.1, 0.15) is 5.69 Å². The molecular weight excluding hydrogens is 264 g/mol. The molecule has 0 saturated carbocycles. The van der Waals surface area contributed by atoms with Crippen LogP contribution in [0.5, 0.6) is 0 Å². The van der Waals surface area contributed by atoms with Gasteiger partial charge in [-0.3, -0.25) is 14.9 Å². The number of carbonyl (C=O) groups is 1. The second-order valence-corrected chi connectivity index (χ2v) is 5.08. The number of piperidine rings is 1. The molecule has 2 rings (SSSR count). The van der Waals surface area contributed by atoms with Crippen molar-refractivity contribution in [1.29, 1.82) is 0 Å². The number of rotatable bonds is 4. The summed E-state index contributed by atoms with van der Waals surface area (Å²) >= 11 is 0. The highest BCUT2D eigenvalue weighted by Crippen LogP contribution is 2.35. The van der Waals surface area contributed by atoms with Gasteiger partial charge in [-0.25, -0.2) is 4.68 Å². The molecule has 0 amide bonds. The molecule has 1 aromatic heterocycles. The van der Waals surface area contributed by atoms with Crippen LogP contribution in [-0.2, 0) is 11.8 Å². The van der Waals surface area contributed by atoms with Crippen LogP contribution >= 0.6 is 0 Å². The summed E-state index contributed by atoms with van der Waals surface area (Å²) in [6.45, 7) is 2.22. The van der Waals surface area contributed by atoms with Crippen LogP contribution in [0.1, 0.15) is 31.4 Å². The van der Waals surface area contributed by atoms with Gasteiger partial charge >= 0.3 is 11.7 Å². The average Bonchev–Trinajstić information content (AvgIpc) is 2.64. The topological polar surface area (TPSA) is 102 Å². The lowest BCUT2D eigenvalue weighted by molar-refractivity contribution is -0.384. The molecule has 1 N–H and O–H groups in total. The van der Waals surface area contributed by atoms with Crippen molar-refractivity contribution in [3.8, 4) is 0 Å². The summed E-state index contributed by atoms with van der Waals surface area (Å²) in [5.74, 6) is -0.470. The van der Waals surface area contributed by atoms with Crippen LogP contribution < -0.4 is 4.90 Å². The van der Waals surface area contributed by atoms with Crippen LogP contribution in [-0.4, -0.2) is 38.4 Å². The molecule has 0 aromatic carbocycles. The largest absolute Gasteiger partial charge is 0.481 e. The molecule has 20 heavy (non-hydrogen) atoms. The van der Waals surface area contributed by atoms with Crippen molar-refractivity contribution < 1.29 is 14.8 Å². The summed E-state index contributed by atoms with van der Waals surface area (Å²) in [6.07, 6.45) is 2.56. The number of carboxylic acid groups (broad SMARTS) is 1. The van der Waals surface area contributed by atoms with Gasteiger partial charge in [-0.1, -0.05) is 0 Å². The fourth-order valence-corrected chi connectivity index (χ4v) is 2.86. The second kappa shape index (κ2) is 5.48. The molecule has 0 spiro atoms. The first kappa shape index (κ1) is 14.3. The molecule has 8 nitrogen and oxygen atoms in total. The van der Waals surface area contributed by atoms with Gasteiger partial charge in [0.15, 0.2) is 0 Å². The highest BCUT2D eigenvalue weighted by atomic mass is 16.6. The van der Waals surface area contributed by atoms with Crippen molar-refractivity contribution >= 4 is 17.5 Å². The SMILES string of the molecule is Cc1nn(C)c(N2CCCCC2CC(=O)O)c1[N+](=O)[O-]. The smallest absolute Gasteiger partial charge is 0.333 e. The number of aromatic nitrogens is 2. The van der Waals surface area contributed by atoms with Crippen LogP contribution in [0.15, 0.2) is 0 Å². The molecule has 1 aliphatic heterocycles. The molecular formula is C12H18N4O4. The van der Waals surface area contributed by atoms with E-state index in [1.54, 1.807) is 14.0 Å². The minimum Gasteiger partial charge on any atom is -0.481 e. The van der Waals surface area contributed by atoms with E-state index in [9.17, 15) is 14.9 Å². The maximum Gasteiger partial charge on any atom is 0.333 e. The number of carboxylic acids is 1. The van der Waals surface area contributed by atoms with Crippen LogP contribution in [0.4, 0.5) is 11.5 Å². The van der Waals surface area contributed by atoms with Crippen LogP contribution in [0, 0.1) is 17.0 Å². The van der Waals surface area contributed by atoms with E-state index < -0.39 is 10.9 Å². The molecule has 0 aliphatic carbocycles. The fourth-order valence-electron chi connectivity index (χ4n) is 2.86. The maximum absolute atomic E-state index is 11.2. The van der Waals surface area contributed by atoms with Crippen molar-refractivity contribution in [2.24, 2.45) is 7.05 Å². The zero-order valence-electron chi connectivity index (χ0n) is 11.6. The van der Waals surface area contributed by atoms with E-state index >= 15 is 0 Å². The van der Waals surface area contributed by atoms with Crippen molar-refractivity contribution in [2.75, 3.05) is 11.4 Å². The van der Waals surface area contributed by atoms with E-state index in [-0.39, 0.29) is 18.2 Å². The van der Waals surface area contributed by atoms with Crippen LogP contribution in [0.25, 0.3) is 0 Å². The predicted octanol–water partition coefficient (Wildman–Crippen LogP) is 1.47. The molecule has 2 heterocycles. The maximum atomic E-state index is 11.2. The van der Waals surface area contributed by atoms with E-state index in [0.717, 1.165) is 19.3 Å². The Hall–Kier alpha value is -2.12. The third-order valence-electron chi connectivity index (χ3n) is 3.65. The molecule has 1 unspecified atom stereocenters. The van der Waals surface area contributed by atoms with E-state index in [2.05, 4.69) is 5.10 Å². The normalized spacial score (nSPS) is 19.1. The van der Waals surface area contributed by atoms with Gasteiger partial charge in [-0.2, -0.15) is 5.10 Å². The Morgan fingerprint density at radius 3 is 2.85 bits per heavy atom. The van der Waals surface area contributed by atoms with Crippen molar-refractivity contribution in [1.82, 2.24) is 9.78 Å². The molecule has 1 aromatic rings. The van der Waals surface area contributed by atoms with Gasteiger partial charge in [-0.15, -0.1) is 0 Å². The first-order valence-corrected chi connectivity index (χ1v) is 6.58. The lowest BCUT2D eigenvalue weighted by Gasteiger charge is -2.35. The number of aryl methyl sites for hydroxylation is 2. The number of anilines is 1. The zero-order valence-corrected chi connectivity index (χ0v) is 11.6. The minimum atomic E-state index is -0.886. The standard InChI is InChI=1S/C12H18N4O4/c1-8-11(16(19)20)12(14(2)13-8)15-6-4-3-5-9(15)7-10(17)18/h9H,3-7H2,1-2H3,(H,17,18). The van der Waals surface area contributed by atoms with Gasteiger partial charge in [0, 0.05) is 19.6 Å². The highest BCUT2D eigenvalue weighted by molar-refractivity contribution is 5.70. The van der Waals surface area contributed by atoms with Crippen molar-refractivity contribution in [3.05, 3.63) is 15.8 Å². The Morgan fingerprint density at radius 1 is 1.55 bits per heavy atom. The molecule has 0 radical (unpaired) electrons. The average molecular weight is 282 g/mol. The van der Waals surface area contributed by atoms with E-state index in [0.29, 0.717) is 18.1 Å². The number of hydrogen-bond donors (Lipinski definition) is 1. The summed E-state index contributed by atoms with van der Waals surface area (Å²) in [5, 5.41) is 24.3. The predicted molar refractivity (Wildman–Crippen MR) is 71.8 cm³/mol. The lowest BCUT2D eigenvalue weighted by atomic mass is 9.99. The third-order valence-corrected chi connectivity index (χ3v) is 3.65. The van der Waals surface area contributed by atoms with Crippen LogP contribution in [0.2, 0.25) is 0 Å². The molecule has 0 bridgehead atoms. The first-order valence-electron chi connectivity index (χ1n) is 6.58. The van der Waals surface area contributed by atoms with Gasteiger partial charge < -0.3 is 10.0 Å². The monoisotopic (exact) mass is 282 g/mol. The van der Waals surface area contributed by atoms with Crippen molar-refractivity contribution in [2.45, 2.75) is 38.6 Å². The van der Waals surface area contributed by atoms with E-state index in [4.69, 9.17) is 5.11 Å². The first-order chi connectivity index (χ1) is 9.41. The number of nitro groups is 1. The lowest BCUT2D eigenvalue weighted by Crippen LogP contribution is -2.42. The number of nitrogens with zero attached hydrogens (tertiary/aromatic N) is 4. The Kier molecular flexibility index (Phi) is 3.91. The summed E-state index contributed by atoms with van der Waals surface area (Å²) < 4.78 is 1.48.